The van der Waals surface area contributed by atoms with Gasteiger partial charge in [-0.05, 0) is 18.2 Å². The van der Waals surface area contributed by atoms with Gasteiger partial charge in [-0.15, -0.1) is 0 Å². The number of aromatic nitrogens is 1. The van der Waals surface area contributed by atoms with Crippen LogP contribution in [0.3, 0.4) is 0 Å². The minimum absolute atomic E-state index is 0.121. The summed E-state index contributed by atoms with van der Waals surface area (Å²) in [5, 5.41) is 14.9. The molecule has 7 heteroatoms. The van der Waals surface area contributed by atoms with Gasteiger partial charge in [-0.1, -0.05) is 66.2 Å². The summed E-state index contributed by atoms with van der Waals surface area (Å²) in [6.45, 7) is 0. The summed E-state index contributed by atoms with van der Waals surface area (Å²) in [5.74, 6) is -0.480. The minimum atomic E-state index is -0.535. The average Bonchev–Trinajstić information content (AvgIpc) is 2.74. The second kappa shape index (κ2) is 7.69. The zero-order valence-electron chi connectivity index (χ0n) is 15.0. The highest BCUT2D eigenvalue weighted by Gasteiger charge is 2.19. The van der Waals surface area contributed by atoms with Gasteiger partial charge in [-0.25, -0.2) is 4.98 Å². The van der Waals surface area contributed by atoms with Crippen molar-refractivity contribution in [2.45, 2.75) is 0 Å². The number of nitro groups is 1. The predicted octanol–water partition coefficient (Wildman–Crippen LogP) is 5.72. The molecule has 0 saturated heterocycles. The number of hydrogen-bond acceptors (Lipinski definition) is 4. The maximum absolute atomic E-state index is 13.1. The normalized spacial score (nSPS) is 10.7. The molecule has 0 radical (unpaired) electrons. The number of nitrogens with zero attached hydrogens (tertiary/aromatic N) is 2. The van der Waals surface area contributed by atoms with E-state index in [-0.39, 0.29) is 11.4 Å². The molecule has 6 nitrogen and oxygen atoms in total. The van der Waals surface area contributed by atoms with E-state index in [1.165, 1.54) is 12.1 Å². The van der Waals surface area contributed by atoms with Crippen LogP contribution < -0.4 is 5.32 Å². The van der Waals surface area contributed by atoms with E-state index in [0.29, 0.717) is 27.2 Å². The third kappa shape index (κ3) is 3.66. The number of pyridine rings is 1. The highest BCUT2D eigenvalue weighted by molar-refractivity contribution is 6.35. The van der Waals surface area contributed by atoms with Crippen LogP contribution in [0.1, 0.15) is 10.4 Å². The average molecular weight is 404 g/mol. The van der Waals surface area contributed by atoms with Gasteiger partial charge in [0.05, 0.1) is 26.7 Å². The molecule has 0 atom stereocenters. The van der Waals surface area contributed by atoms with E-state index in [4.69, 9.17) is 11.6 Å². The lowest BCUT2D eigenvalue weighted by Gasteiger charge is -2.11. The molecule has 4 rings (SSSR count). The number of amides is 1. The first-order chi connectivity index (χ1) is 14.0. The van der Waals surface area contributed by atoms with Crippen molar-refractivity contribution >= 4 is 39.8 Å². The fourth-order valence-electron chi connectivity index (χ4n) is 3.09. The van der Waals surface area contributed by atoms with Gasteiger partial charge >= 0.3 is 0 Å². The smallest absolute Gasteiger partial charge is 0.292 e. The molecule has 0 unspecified atom stereocenters. The van der Waals surface area contributed by atoms with Crippen molar-refractivity contribution in [2.24, 2.45) is 0 Å². The number of fused-ring (bicyclic) bond motifs is 1. The number of anilines is 1. The van der Waals surface area contributed by atoms with Gasteiger partial charge < -0.3 is 5.32 Å². The summed E-state index contributed by atoms with van der Waals surface area (Å²) in [4.78, 5) is 28.4. The van der Waals surface area contributed by atoms with Crippen molar-refractivity contribution in [3.8, 4) is 11.3 Å². The molecule has 3 aromatic carbocycles. The number of carbonyl (C=O) groups is 1. The molecule has 142 valence electrons. The van der Waals surface area contributed by atoms with E-state index < -0.39 is 10.8 Å². The Morgan fingerprint density at radius 2 is 1.69 bits per heavy atom. The quantitative estimate of drug-likeness (QED) is 0.349. The van der Waals surface area contributed by atoms with Gasteiger partial charge in [-0.2, -0.15) is 0 Å². The maximum atomic E-state index is 13.1. The number of rotatable bonds is 4. The molecule has 0 aliphatic heterocycles. The predicted molar refractivity (Wildman–Crippen MR) is 113 cm³/mol. The Morgan fingerprint density at radius 1 is 0.966 bits per heavy atom. The van der Waals surface area contributed by atoms with E-state index in [1.807, 2.05) is 30.3 Å². The molecule has 1 amide bonds. The molecule has 0 spiro atoms. The Balaban J connectivity index is 1.85. The summed E-state index contributed by atoms with van der Waals surface area (Å²) in [6, 6.07) is 22.3. The first-order valence-corrected chi connectivity index (χ1v) is 9.12. The molecule has 1 aromatic heterocycles. The lowest BCUT2D eigenvalue weighted by molar-refractivity contribution is -0.383. The van der Waals surface area contributed by atoms with Gasteiger partial charge in [0, 0.05) is 17.0 Å². The van der Waals surface area contributed by atoms with Crippen LogP contribution in [0.5, 0.6) is 0 Å². The molecule has 0 aliphatic carbocycles. The van der Waals surface area contributed by atoms with Crippen molar-refractivity contribution in [2.75, 3.05) is 5.32 Å². The summed E-state index contributed by atoms with van der Waals surface area (Å²) in [5.41, 5.74) is 2.17. The van der Waals surface area contributed by atoms with Gasteiger partial charge in [0.1, 0.15) is 5.69 Å². The number of benzene rings is 3. The number of carbonyl (C=O) groups excluding carboxylic acids is 1. The SMILES string of the molecule is O=C(Nc1ccccc1[N+](=O)[O-])c1cc(-c2ccccc2)nc2c(Cl)cccc12. The third-order valence-electron chi connectivity index (χ3n) is 4.45. The molecular weight excluding hydrogens is 390 g/mol. The maximum Gasteiger partial charge on any atom is 0.292 e. The molecular formula is C22H14ClN3O3. The Morgan fingerprint density at radius 3 is 2.45 bits per heavy atom. The highest BCUT2D eigenvalue weighted by atomic mass is 35.5. The largest absolute Gasteiger partial charge is 0.316 e. The van der Waals surface area contributed by atoms with E-state index in [2.05, 4.69) is 10.3 Å². The lowest BCUT2D eigenvalue weighted by Crippen LogP contribution is -2.14. The Bertz CT molecular complexity index is 1240. The molecule has 1 heterocycles. The van der Waals surface area contributed by atoms with Crippen molar-refractivity contribution in [1.82, 2.24) is 4.98 Å². The Labute approximate surface area is 170 Å². The fraction of sp³-hybridized carbons (Fsp3) is 0. The second-order valence-corrected chi connectivity index (χ2v) is 6.69. The number of nitro benzene ring substituents is 1. The number of hydrogen-bond donors (Lipinski definition) is 1. The topological polar surface area (TPSA) is 85.1 Å². The second-order valence-electron chi connectivity index (χ2n) is 6.29. The molecule has 0 fully saturated rings. The van der Waals surface area contributed by atoms with Crippen molar-refractivity contribution in [1.29, 1.82) is 0 Å². The third-order valence-corrected chi connectivity index (χ3v) is 4.76. The zero-order valence-corrected chi connectivity index (χ0v) is 15.8. The zero-order chi connectivity index (χ0) is 20.4. The monoisotopic (exact) mass is 403 g/mol. The lowest BCUT2D eigenvalue weighted by atomic mass is 10.0. The standard InChI is InChI=1S/C22H14ClN3O3/c23-17-10-6-9-15-16(13-19(24-21(15)17)14-7-2-1-3-8-14)22(27)25-18-11-4-5-12-20(18)26(28)29/h1-13H,(H,25,27). The number of para-hydroxylation sites is 3. The van der Waals surface area contributed by atoms with E-state index in [9.17, 15) is 14.9 Å². The molecule has 0 aliphatic rings. The number of halogens is 1. The first-order valence-electron chi connectivity index (χ1n) is 8.74. The minimum Gasteiger partial charge on any atom is -0.316 e. The summed E-state index contributed by atoms with van der Waals surface area (Å²) >= 11 is 6.34. The van der Waals surface area contributed by atoms with Crippen LogP contribution in [-0.4, -0.2) is 15.8 Å². The van der Waals surface area contributed by atoms with Gasteiger partial charge in [0.25, 0.3) is 11.6 Å². The Kier molecular flexibility index (Phi) is 4.93. The van der Waals surface area contributed by atoms with Crippen LogP contribution in [0.15, 0.2) is 78.9 Å². The van der Waals surface area contributed by atoms with E-state index in [1.54, 1.807) is 36.4 Å². The Hall–Kier alpha value is -3.77. The van der Waals surface area contributed by atoms with Crippen molar-refractivity contribution in [3.63, 3.8) is 0 Å². The van der Waals surface area contributed by atoms with Gasteiger partial charge in [0.15, 0.2) is 0 Å². The molecule has 4 aromatic rings. The summed E-state index contributed by atoms with van der Waals surface area (Å²) in [7, 11) is 0. The first kappa shape index (κ1) is 18.6. The van der Waals surface area contributed by atoms with Gasteiger partial charge in [-0.3, -0.25) is 14.9 Å². The van der Waals surface area contributed by atoms with E-state index >= 15 is 0 Å². The van der Waals surface area contributed by atoms with Crippen LogP contribution >= 0.6 is 11.6 Å². The molecule has 0 saturated carbocycles. The van der Waals surface area contributed by atoms with Crippen LogP contribution in [-0.2, 0) is 0 Å². The van der Waals surface area contributed by atoms with Crippen molar-refractivity contribution in [3.05, 3.63) is 99.6 Å². The van der Waals surface area contributed by atoms with Gasteiger partial charge in [0.2, 0.25) is 0 Å². The number of nitrogens with one attached hydrogen (secondary N) is 1. The summed E-state index contributed by atoms with van der Waals surface area (Å²) < 4.78 is 0. The van der Waals surface area contributed by atoms with Crippen LogP contribution in [0, 0.1) is 10.1 Å². The van der Waals surface area contributed by atoms with Crippen LogP contribution in [0.2, 0.25) is 5.02 Å². The van der Waals surface area contributed by atoms with Crippen LogP contribution in [0.4, 0.5) is 11.4 Å². The fourth-order valence-corrected chi connectivity index (χ4v) is 3.30. The molecule has 29 heavy (non-hydrogen) atoms. The van der Waals surface area contributed by atoms with E-state index in [0.717, 1.165) is 5.56 Å². The van der Waals surface area contributed by atoms with Crippen molar-refractivity contribution < 1.29 is 9.72 Å². The molecule has 0 bridgehead atoms. The van der Waals surface area contributed by atoms with Crippen LogP contribution in [0.25, 0.3) is 22.2 Å². The summed E-state index contributed by atoms with van der Waals surface area (Å²) in [6.07, 6.45) is 0. The molecule has 1 N–H and O–H groups in total. The highest BCUT2D eigenvalue weighted by Crippen LogP contribution is 2.30.